The first-order valence-electron chi connectivity index (χ1n) is 5.64. The van der Waals surface area contributed by atoms with Gasteiger partial charge in [0.05, 0.1) is 0 Å². The van der Waals surface area contributed by atoms with E-state index in [2.05, 4.69) is 0 Å². The van der Waals surface area contributed by atoms with E-state index in [1.54, 1.807) is 17.8 Å². The van der Waals surface area contributed by atoms with Gasteiger partial charge in [-0.15, -0.1) is 0 Å². The van der Waals surface area contributed by atoms with Crippen LogP contribution in [0, 0.1) is 12.7 Å². The Kier molecular flexibility index (Phi) is 3.27. The molecule has 1 aliphatic heterocycles. The zero-order valence-corrected chi connectivity index (χ0v) is 10.5. The minimum absolute atomic E-state index is 0.127. The molecule has 2 rings (SSSR count). The average Bonchev–Trinajstić information content (AvgIpc) is 2.26. The molecule has 1 saturated heterocycles. The Morgan fingerprint density at radius 3 is 2.94 bits per heavy atom. The van der Waals surface area contributed by atoms with Gasteiger partial charge in [0.15, 0.2) is 0 Å². The first kappa shape index (κ1) is 11.9. The number of aryl methyl sites for hydroxylation is 1. The fraction of sp³-hybridized carbons (Fsp3) is 0.538. The van der Waals surface area contributed by atoms with Gasteiger partial charge in [0.2, 0.25) is 0 Å². The Bertz CT molecular complexity index is 394. The van der Waals surface area contributed by atoms with Crippen LogP contribution < -0.4 is 0 Å². The zero-order chi connectivity index (χ0) is 11.8. The highest BCUT2D eigenvalue weighted by molar-refractivity contribution is 8.00. The van der Waals surface area contributed by atoms with E-state index in [4.69, 9.17) is 0 Å². The molecule has 0 radical (unpaired) electrons. The molecule has 0 spiro atoms. The molecule has 88 valence electrons. The van der Waals surface area contributed by atoms with Crippen LogP contribution in [0.25, 0.3) is 0 Å². The van der Waals surface area contributed by atoms with Gasteiger partial charge in [-0.3, -0.25) is 0 Å². The molecular formula is C13H17FOS. The van der Waals surface area contributed by atoms with E-state index in [0.717, 1.165) is 29.7 Å². The SMILES string of the molecule is Cc1ccc(F)cc1C1(O)CCCSC1C. The molecule has 0 amide bonds. The molecule has 1 aliphatic rings. The van der Waals surface area contributed by atoms with Gasteiger partial charge in [0.25, 0.3) is 0 Å². The number of aliphatic hydroxyl groups is 1. The summed E-state index contributed by atoms with van der Waals surface area (Å²) in [6, 6.07) is 4.68. The van der Waals surface area contributed by atoms with E-state index in [-0.39, 0.29) is 11.1 Å². The summed E-state index contributed by atoms with van der Waals surface area (Å²) in [5.74, 6) is 0.814. The van der Waals surface area contributed by atoms with Crippen LogP contribution in [0.3, 0.4) is 0 Å². The number of benzene rings is 1. The molecule has 0 aromatic heterocycles. The lowest BCUT2D eigenvalue weighted by molar-refractivity contribution is 0.0245. The maximum atomic E-state index is 13.3. The minimum Gasteiger partial charge on any atom is -0.384 e. The van der Waals surface area contributed by atoms with Crippen molar-refractivity contribution in [2.24, 2.45) is 0 Å². The van der Waals surface area contributed by atoms with Crippen LogP contribution in [0.15, 0.2) is 18.2 Å². The average molecular weight is 240 g/mol. The van der Waals surface area contributed by atoms with Gasteiger partial charge in [-0.2, -0.15) is 11.8 Å². The number of rotatable bonds is 1. The number of hydrogen-bond acceptors (Lipinski definition) is 2. The normalized spacial score (nSPS) is 30.4. The van der Waals surface area contributed by atoms with Crippen LogP contribution in [0.5, 0.6) is 0 Å². The van der Waals surface area contributed by atoms with E-state index >= 15 is 0 Å². The first-order valence-corrected chi connectivity index (χ1v) is 6.69. The highest BCUT2D eigenvalue weighted by atomic mass is 32.2. The van der Waals surface area contributed by atoms with Crippen LogP contribution in [-0.2, 0) is 5.60 Å². The number of hydrogen-bond donors (Lipinski definition) is 1. The van der Waals surface area contributed by atoms with Crippen molar-refractivity contribution in [1.29, 1.82) is 0 Å². The van der Waals surface area contributed by atoms with Gasteiger partial charge >= 0.3 is 0 Å². The van der Waals surface area contributed by atoms with Crippen molar-refractivity contribution in [3.05, 3.63) is 35.1 Å². The topological polar surface area (TPSA) is 20.2 Å². The molecule has 1 aromatic carbocycles. The van der Waals surface area contributed by atoms with Crippen LogP contribution in [0.1, 0.15) is 30.9 Å². The third kappa shape index (κ3) is 1.98. The Labute approximate surface area is 100 Å². The second kappa shape index (κ2) is 4.38. The molecule has 0 saturated carbocycles. The summed E-state index contributed by atoms with van der Waals surface area (Å²) < 4.78 is 13.3. The molecular weight excluding hydrogens is 223 g/mol. The molecule has 2 atom stereocenters. The van der Waals surface area contributed by atoms with Crippen LogP contribution >= 0.6 is 11.8 Å². The van der Waals surface area contributed by atoms with Crippen molar-refractivity contribution in [2.75, 3.05) is 5.75 Å². The lowest BCUT2D eigenvalue weighted by Gasteiger charge is -2.39. The van der Waals surface area contributed by atoms with Crippen LogP contribution in [0.2, 0.25) is 0 Å². The van der Waals surface area contributed by atoms with Gasteiger partial charge in [0.1, 0.15) is 11.4 Å². The lowest BCUT2D eigenvalue weighted by Crippen LogP contribution is -2.39. The van der Waals surface area contributed by atoms with Gasteiger partial charge < -0.3 is 5.11 Å². The molecule has 0 bridgehead atoms. The van der Waals surface area contributed by atoms with Crippen molar-refractivity contribution in [3.8, 4) is 0 Å². The highest BCUT2D eigenvalue weighted by Gasteiger charge is 2.39. The lowest BCUT2D eigenvalue weighted by atomic mass is 9.83. The maximum Gasteiger partial charge on any atom is 0.123 e. The fourth-order valence-electron chi connectivity index (χ4n) is 2.36. The van der Waals surface area contributed by atoms with Gasteiger partial charge in [-0.25, -0.2) is 4.39 Å². The summed E-state index contributed by atoms with van der Waals surface area (Å²) in [4.78, 5) is 0. The van der Waals surface area contributed by atoms with Crippen LogP contribution in [0.4, 0.5) is 4.39 Å². The summed E-state index contributed by atoms with van der Waals surface area (Å²) >= 11 is 1.76. The quantitative estimate of drug-likeness (QED) is 0.813. The van der Waals surface area contributed by atoms with Crippen molar-refractivity contribution in [2.45, 2.75) is 37.5 Å². The number of thioether (sulfide) groups is 1. The summed E-state index contributed by atoms with van der Waals surface area (Å²) in [5.41, 5.74) is 0.861. The van der Waals surface area contributed by atoms with Gasteiger partial charge in [0, 0.05) is 5.25 Å². The minimum atomic E-state index is -0.866. The van der Waals surface area contributed by atoms with Crippen molar-refractivity contribution >= 4 is 11.8 Å². The summed E-state index contributed by atoms with van der Waals surface area (Å²) in [6.45, 7) is 3.95. The molecule has 1 aromatic rings. The Balaban J connectivity index is 2.44. The Morgan fingerprint density at radius 2 is 2.25 bits per heavy atom. The second-order valence-corrected chi connectivity index (χ2v) is 5.95. The Hall–Kier alpha value is -0.540. The van der Waals surface area contributed by atoms with Crippen LogP contribution in [-0.4, -0.2) is 16.1 Å². The van der Waals surface area contributed by atoms with E-state index < -0.39 is 5.60 Å². The largest absolute Gasteiger partial charge is 0.384 e. The zero-order valence-electron chi connectivity index (χ0n) is 9.66. The van der Waals surface area contributed by atoms with E-state index in [0.29, 0.717) is 0 Å². The smallest absolute Gasteiger partial charge is 0.123 e. The highest BCUT2D eigenvalue weighted by Crippen LogP contribution is 2.42. The molecule has 1 heterocycles. The van der Waals surface area contributed by atoms with Crippen molar-refractivity contribution < 1.29 is 9.50 Å². The summed E-state index contributed by atoms with van der Waals surface area (Å²) in [5, 5.41) is 10.9. The standard InChI is InChI=1S/C13H17FOS/c1-9-4-5-11(14)8-12(9)13(15)6-3-7-16-10(13)2/h4-5,8,10,15H,3,6-7H2,1-2H3. The maximum absolute atomic E-state index is 13.3. The fourth-order valence-corrected chi connectivity index (χ4v) is 3.54. The first-order chi connectivity index (χ1) is 7.54. The third-order valence-electron chi connectivity index (χ3n) is 3.41. The van der Waals surface area contributed by atoms with Gasteiger partial charge in [-0.05, 0) is 48.8 Å². The molecule has 2 unspecified atom stereocenters. The number of halogens is 1. The molecule has 0 aliphatic carbocycles. The third-order valence-corrected chi connectivity index (χ3v) is 4.82. The monoisotopic (exact) mass is 240 g/mol. The van der Waals surface area contributed by atoms with E-state index in [1.807, 2.05) is 13.8 Å². The van der Waals surface area contributed by atoms with Crippen molar-refractivity contribution in [3.63, 3.8) is 0 Å². The van der Waals surface area contributed by atoms with E-state index in [1.165, 1.54) is 12.1 Å². The molecule has 1 fully saturated rings. The Morgan fingerprint density at radius 1 is 1.50 bits per heavy atom. The van der Waals surface area contributed by atoms with Gasteiger partial charge in [-0.1, -0.05) is 13.0 Å². The molecule has 3 heteroatoms. The predicted octanol–water partition coefficient (Wildman–Crippen LogP) is 3.24. The van der Waals surface area contributed by atoms with E-state index in [9.17, 15) is 9.50 Å². The molecule has 16 heavy (non-hydrogen) atoms. The molecule has 1 N–H and O–H groups in total. The second-order valence-electron chi connectivity index (χ2n) is 4.50. The molecule has 1 nitrogen and oxygen atoms in total. The predicted molar refractivity (Wildman–Crippen MR) is 66.2 cm³/mol. The van der Waals surface area contributed by atoms with Crippen molar-refractivity contribution in [1.82, 2.24) is 0 Å². The summed E-state index contributed by atoms with van der Waals surface area (Å²) in [6.07, 6.45) is 1.72. The summed E-state index contributed by atoms with van der Waals surface area (Å²) in [7, 11) is 0.